The van der Waals surface area contributed by atoms with Gasteiger partial charge in [-0.2, -0.15) is 5.10 Å². The van der Waals surface area contributed by atoms with Crippen LogP contribution in [-0.4, -0.2) is 52.0 Å². The third-order valence-electron chi connectivity index (χ3n) is 5.89. The fourth-order valence-corrected chi connectivity index (χ4v) is 4.03. The van der Waals surface area contributed by atoms with E-state index in [1.807, 2.05) is 19.2 Å². The van der Waals surface area contributed by atoms with Crippen LogP contribution in [0.3, 0.4) is 0 Å². The predicted molar refractivity (Wildman–Crippen MR) is 121 cm³/mol. The summed E-state index contributed by atoms with van der Waals surface area (Å²) in [6.07, 6.45) is 5.68. The zero-order chi connectivity index (χ0) is 22.0. The minimum Gasteiger partial charge on any atom is -0.383 e. The number of nitrogen functional groups attached to an aromatic ring is 1. The maximum absolute atomic E-state index is 13.1. The van der Waals surface area contributed by atoms with E-state index in [4.69, 9.17) is 5.73 Å². The summed E-state index contributed by atoms with van der Waals surface area (Å²) >= 11 is 0. The molecular weight excluding hydrogens is 394 g/mol. The third kappa shape index (κ3) is 4.03. The first-order valence-electron chi connectivity index (χ1n) is 10.5. The lowest BCUT2D eigenvalue weighted by Crippen LogP contribution is -2.44. The number of carbonyl (C=O) groups is 2. The molecule has 1 atom stereocenters. The summed E-state index contributed by atoms with van der Waals surface area (Å²) in [5.74, 6) is -0.944. The van der Waals surface area contributed by atoms with Crippen LogP contribution >= 0.6 is 0 Å². The number of nitrogens with zero attached hydrogens (tertiary/aromatic N) is 4. The second-order valence-electron chi connectivity index (χ2n) is 7.79. The van der Waals surface area contributed by atoms with Gasteiger partial charge in [0.25, 0.3) is 0 Å². The zero-order valence-corrected chi connectivity index (χ0v) is 17.8. The van der Waals surface area contributed by atoms with Crippen LogP contribution in [0.1, 0.15) is 37.8 Å². The molecule has 1 aliphatic rings. The Labute approximate surface area is 180 Å². The van der Waals surface area contributed by atoms with E-state index in [1.54, 1.807) is 4.90 Å². The molecule has 1 aliphatic heterocycles. The highest BCUT2D eigenvalue weighted by Crippen LogP contribution is 2.33. The number of nitrogens with two attached hydrogens (primary N) is 1. The number of likely N-dealkylation sites (tertiary alicyclic amines) is 1. The van der Waals surface area contributed by atoms with Crippen molar-refractivity contribution in [2.75, 3.05) is 36.1 Å². The number of aromatic amines is 1. The summed E-state index contributed by atoms with van der Waals surface area (Å²) in [6.45, 7) is 3.53. The molecule has 1 saturated heterocycles. The SMILES string of the molecule is CCN(C)c1cccc([C@H]2CCCCN2C(=O)C(=O)Nc2cnc(N)c3cn[nH]c23)c1. The zero-order valence-electron chi connectivity index (χ0n) is 17.8. The Hall–Kier alpha value is -3.62. The van der Waals surface area contributed by atoms with Crippen molar-refractivity contribution in [3.8, 4) is 0 Å². The van der Waals surface area contributed by atoms with Gasteiger partial charge in [0.1, 0.15) is 5.82 Å². The molecular formula is C22H27N7O2. The number of hydrogen-bond donors (Lipinski definition) is 3. The fourth-order valence-electron chi connectivity index (χ4n) is 4.03. The average Bonchev–Trinajstić information content (AvgIpc) is 3.31. The Balaban J connectivity index is 1.56. The Morgan fingerprint density at radius 3 is 2.97 bits per heavy atom. The van der Waals surface area contributed by atoms with Gasteiger partial charge in [0.05, 0.1) is 35.0 Å². The van der Waals surface area contributed by atoms with Gasteiger partial charge < -0.3 is 20.9 Å². The van der Waals surface area contributed by atoms with Gasteiger partial charge in [-0.3, -0.25) is 14.7 Å². The van der Waals surface area contributed by atoms with Crippen molar-refractivity contribution >= 4 is 39.9 Å². The van der Waals surface area contributed by atoms with E-state index in [1.165, 1.54) is 12.4 Å². The van der Waals surface area contributed by atoms with E-state index in [9.17, 15) is 9.59 Å². The first-order valence-corrected chi connectivity index (χ1v) is 10.5. The van der Waals surface area contributed by atoms with Crippen LogP contribution in [0.5, 0.6) is 0 Å². The van der Waals surface area contributed by atoms with Crippen LogP contribution in [0.4, 0.5) is 17.2 Å². The Bertz CT molecular complexity index is 1110. The minimum atomic E-state index is -0.698. The lowest BCUT2D eigenvalue weighted by Gasteiger charge is -2.36. The van der Waals surface area contributed by atoms with Gasteiger partial charge in [-0.15, -0.1) is 0 Å². The molecule has 3 heterocycles. The van der Waals surface area contributed by atoms with Crippen molar-refractivity contribution < 1.29 is 9.59 Å². The number of pyridine rings is 1. The van der Waals surface area contributed by atoms with Crippen molar-refractivity contribution in [3.05, 3.63) is 42.2 Å². The van der Waals surface area contributed by atoms with Gasteiger partial charge in [-0.25, -0.2) is 4.98 Å². The summed E-state index contributed by atoms with van der Waals surface area (Å²) in [5, 5.41) is 10.0. The molecule has 1 aromatic carbocycles. The number of benzene rings is 1. The quantitative estimate of drug-likeness (QED) is 0.557. The van der Waals surface area contributed by atoms with Crippen LogP contribution in [0, 0.1) is 0 Å². The van der Waals surface area contributed by atoms with Gasteiger partial charge >= 0.3 is 11.8 Å². The van der Waals surface area contributed by atoms with Gasteiger partial charge in [0.15, 0.2) is 0 Å². The van der Waals surface area contributed by atoms with E-state index in [0.29, 0.717) is 29.0 Å². The van der Waals surface area contributed by atoms with Crippen molar-refractivity contribution in [2.24, 2.45) is 0 Å². The van der Waals surface area contributed by atoms with Gasteiger partial charge in [-0.1, -0.05) is 12.1 Å². The highest BCUT2D eigenvalue weighted by molar-refractivity contribution is 6.40. The molecule has 9 nitrogen and oxygen atoms in total. The van der Waals surface area contributed by atoms with Gasteiger partial charge in [0, 0.05) is 25.8 Å². The van der Waals surface area contributed by atoms with Crippen LogP contribution in [0.25, 0.3) is 10.9 Å². The second-order valence-corrected chi connectivity index (χ2v) is 7.79. The number of amides is 2. The molecule has 31 heavy (non-hydrogen) atoms. The van der Waals surface area contributed by atoms with Crippen molar-refractivity contribution in [1.29, 1.82) is 0 Å². The molecule has 0 bridgehead atoms. The standard InChI is InChI=1S/C22H27N7O2/c1-3-28(2)15-8-6-7-14(11-15)18-9-4-5-10-29(18)22(31)21(30)26-17-13-24-20(23)16-12-25-27-19(16)17/h6-8,11-13,18H,3-5,9-10H2,1-2H3,(H2,23,24)(H,25,27)(H,26,30)/t18-/m1/s1. The number of carbonyl (C=O) groups excluding carboxylic acids is 2. The summed E-state index contributed by atoms with van der Waals surface area (Å²) in [5.41, 5.74) is 8.90. The summed E-state index contributed by atoms with van der Waals surface area (Å²) in [6, 6.07) is 8.06. The largest absolute Gasteiger partial charge is 0.383 e. The number of H-pyrrole nitrogens is 1. The van der Waals surface area contributed by atoms with Crippen LogP contribution < -0.4 is 16.0 Å². The molecule has 9 heteroatoms. The third-order valence-corrected chi connectivity index (χ3v) is 5.89. The number of anilines is 3. The average molecular weight is 422 g/mol. The van der Waals surface area contributed by atoms with E-state index in [2.05, 4.69) is 44.5 Å². The van der Waals surface area contributed by atoms with Crippen molar-refractivity contribution in [3.63, 3.8) is 0 Å². The predicted octanol–water partition coefficient (Wildman–Crippen LogP) is 2.69. The normalized spacial score (nSPS) is 16.3. The molecule has 2 aromatic heterocycles. The molecule has 3 aromatic rings. The summed E-state index contributed by atoms with van der Waals surface area (Å²) < 4.78 is 0. The number of nitrogens with one attached hydrogen (secondary N) is 2. The number of fused-ring (bicyclic) bond motifs is 1. The molecule has 0 radical (unpaired) electrons. The first-order chi connectivity index (χ1) is 15.0. The Morgan fingerprint density at radius 2 is 2.16 bits per heavy atom. The van der Waals surface area contributed by atoms with Gasteiger partial charge in [-0.05, 0) is 43.9 Å². The minimum absolute atomic E-state index is 0.131. The molecule has 4 rings (SSSR count). The number of aromatic nitrogens is 3. The lowest BCUT2D eigenvalue weighted by molar-refractivity contribution is -0.145. The topological polar surface area (TPSA) is 120 Å². The first kappa shape index (κ1) is 20.6. The Morgan fingerprint density at radius 1 is 1.32 bits per heavy atom. The molecule has 2 amide bonds. The molecule has 0 unspecified atom stereocenters. The van der Waals surface area contributed by atoms with Crippen molar-refractivity contribution in [2.45, 2.75) is 32.2 Å². The van der Waals surface area contributed by atoms with Crippen molar-refractivity contribution in [1.82, 2.24) is 20.1 Å². The molecule has 0 saturated carbocycles. The lowest BCUT2D eigenvalue weighted by atomic mass is 9.94. The molecule has 0 spiro atoms. The molecule has 162 valence electrons. The molecule has 4 N–H and O–H groups in total. The highest BCUT2D eigenvalue weighted by Gasteiger charge is 2.32. The van der Waals surface area contributed by atoms with E-state index < -0.39 is 11.8 Å². The summed E-state index contributed by atoms with van der Waals surface area (Å²) in [4.78, 5) is 33.9. The number of hydrogen-bond acceptors (Lipinski definition) is 6. The van der Waals surface area contributed by atoms with E-state index >= 15 is 0 Å². The molecule has 1 fully saturated rings. The molecule has 0 aliphatic carbocycles. The number of piperidine rings is 1. The highest BCUT2D eigenvalue weighted by atomic mass is 16.2. The van der Waals surface area contributed by atoms with Crippen LogP contribution in [-0.2, 0) is 9.59 Å². The fraction of sp³-hybridized carbons (Fsp3) is 0.364. The second kappa shape index (κ2) is 8.63. The van der Waals surface area contributed by atoms with Crippen LogP contribution in [0.2, 0.25) is 0 Å². The van der Waals surface area contributed by atoms with E-state index in [-0.39, 0.29) is 6.04 Å². The number of rotatable bonds is 4. The summed E-state index contributed by atoms with van der Waals surface area (Å²) in [7, 11) is 2.03. The van der Waals surface area contributed by atoms with Crippen LogP contribution in [0.15, 0.2) is 36.7 Å². The Kier molecular flexibility index (Phi) is 5.75. The maximum atomic E-state index is 13.1. The van der Waals surface area contributed by atoms with E-state index in [0.717, 1.165) is 37.1 Å². The van der Waals surface area contributed by atoms with Gasteiger partial charge in [0.2, 0.25) is 0 Å². The smallest absolute Gasteiger partial charge is 0.314 e. The monoisotopic (exact) mass is 421 g/mol. The maximum Gasteiger partial charge on any atom is 0.314 e.